The molecule has 0 N–H and O–H groups in total. The lowest BCUT2D eigenvalue weighted by Crippen LogP contribution is -2.55. The number of carboxylic acids is 1. The molecule has 344 valence electrons. The van der Waals surface area contributed by atoms with Crippen molar-refractivity contribution in [3.8, 4) is 0 Å². The fraction of sp³-hybridized carbons (Fsp3) is 0.500. The summed E-state index contributed by atoms with van der Waals surface area (Å²) in [7, 11) is 5.36. The van der Waals surface area contributed by atoms with Crippen LogP contribution in [0.1, 0.15) is 123 Å². The van der Waals surface area contributed by atoms with Crippen LogP contribution in [0.2, 0.25) is 0 Å². The Labute approximate surface area is 376 Å². The third kappa shape index (κ3) is 40.6. The molecule has 0 rings (SSSR count). The summed E-state index contributed by atoms with van der Waals surface area (Å²) < 4.78 is 17.1. The maximum atomic E-state index is 12.7. The maximum absolute atomic E-state index is 12.7. The molecule has 0 saturated heterocycles. The highest BCUT2D eigenvalue weighted by atomic mass is 16.6. The van der Waals surface area contributed by atoms with Gasteiger partial charge in [0.25, 0.3) is 0 Å². The number of unbranched alkanes of at least 4 members (excludes halogenated alkanes) is 6. The molecule has 0 aromatic heterocycles. The summed E-state index contributed by atoms with van der Waals surface area (Å²) in [6.45, 7) is 4.28. The summed E-state index contributed by atoms with van der Waals surface area (Å²) in [5.74, 6) is -1.86. The molecule has 0 bridgehead atoms. The van der Waals surface area contributed by atoms with Crippen LogP contribution in [0.25, 0.3) is 0 Å². The number of carbonyl (C=O) groups is 3. The first-order valence-electron chi connectivity index (χ1n) is 23.0. The van der Waals surface area contributed by atoms with Gasteiger partial charge in [0.1, 0.15) is 12.6 Å². The van der Waals surface area contributed by atoms with Crippen LogP contribution in [0.4, 0.5) is 0 Å². The van der Waals surface area contributed by atoms with Crippen LogP contribution in [-0.4, -0.2) is 75.5 Å². The number of likely N-dealkylation sites (N-methyl/N-ethyl adjacent to an activating group) is 1. The van der Waals surface area contributed by atoms with Gasteiger partial charge in [0.2, 0.25) is 0 Å². The molecular weight excluding hydrogens is 775 g/mol. The molecule has 0 aliphatic carbocycles. The SMILES string of the molecule is CC/C=C/C=C/C=C/C=C/C=C/C=C/C=C/CCCCCC(=O)OC(COCCC(C(=O)[O-])[N+](C)(C)C)COC(=O)CCCCC/C=C/C/C=C/C/C=C/C/C=C/C/C=C/CC. The highest BCUT2D eigenvalue weighted by Gasteiger charge is 2.25. The van der Waals surface area contributed by atoms with E-state index in [9.17, 15) is 19.5 Å². The highest BCUT2D eigenvalue weighted by Crippen LogP contribution is 2.11. The number of carbonyl (C=O) groups excluding carboxylic acids is 3. The summed E-state index contributed by atoms with van der Waals surface area (Å²) in [5, 5.41) is 11.6. The van der Waals surface area contributed by atoms with E-state index in [0.717, 1.165) is 77.0 Å². The smallest absolute Gasteiger partial charge is 0.306 e. The Balaban J connectivity index is 4.54. The molecule has 0 aromatic carbocycles. The number of quaternary nitrogens is 1. The topological polar surface area (TPSA) is 102 Å². The molecule has 0 saturated carbocycles. The van der Waals surface area contributed by atoms with Crippen LogP contribution < -0.4 is 5.11 Å². The maximum Gasteiger partial charge on any atom is 0.306 e. The number of carboxylic acid groups (broad SMARTS) is 1. The van der Waals surface area contributed by atoms with Crippen LogP contribution in [-0.2, 0) is 28.6 Å². The normalized spacial score (nSPS) is 14.3. The molecule has 0 radical (unpaired) electrons. The number of hydrogen-bond donors (Lipinski definition) is 0. The van der Waals surface area contributed by atoms with Crippen molar-refractivity contribution in [3.63, 3.8) is 0 Å². The van der Waals surface area contributed by atoms with E-state index in [1.165, 1.54) is 0 Å². The number of ether oxygens (including phenoxy) is 3. The van der Waals surface area contributed by atoms with Gasteiger partial charge in [-0.3, -0.25) is 9.59 Å². The minimum Gasteiger partial charge on any atom is -0.544 e. The molecule has 2 unspecified atom stereocenters. The lowest BCUT2D eigenvalue weighted by molar-refractivity contribution is -0.889. The van der Waals surface area contributed by atoms with Gasteiger partial charge >= 0.3 is 11.9 Å². The third-order valence-electron chi connectivity index (χ3n) is 9.17. The van der Waals surface area contributed by atoms with Crippen molar-refractivity contribution in [1.29, 1.82) is 0 Å². The zero-order valence-corrected chi connectivity index (χ0v) is 39.0. The Bertz CT molecular complexity index is 1510. The average molecular weight is 856 g/mol. The Hall–Kier alpha value is -4.79. The van der Waals surface area contributed by atoms with Gasteiger partial charge in [-0.2, -0.15) is 0 Å². The van der Waals surface area contributed by atoms with Gasteiger partial charge < -0.3 is 28.6 Å². The minimum atomic E-state index is -1.15. The van der Waals surface area contributed by atoms with Crippen LogP contribution in [0.3, 0.4) is 0 Å². The number of aliphatic carboxylic acids is 1. The molecule has 0 spiro atoms. The van der Waals surface area contributed by atoms with E-state index in [1.807, 2.05) is 72.9 Å². The van der Waals surface area contributed by atoms with E-state index in [2.05, 4.69) is 86.8 Å². The second-order valence-corrected chi connectivity index (χ2v) is 15.7. The molecule has 0 fully saturated rings. The third-order valence-corrected chi connectivity index (χ3v) is 9.17. The van der Waals surface area contributed by atoms with Crippen molar-refractivity contribution in [1.82, 2.24) is 0 Å². The van der Waals surface area contributed by atoms with Gasteiger partial charge in [0, 0.05) is 19.3 Å². The predicted octanol–water partition coefficient (Wildman–Crippen LogP) is 11.6. The molecular formula is C54H81NO7. The molecule has 8 nitrogen and oxygen atoms in total. The summed E-state index contributed by atoms with van der Waals surface area (Å²) >= 11 is 0. The van der Waals surface area contributed by atoms with Crippen LogP contribution in [0.5, 0.6) is 0 Å². The molecule has 0 heterocycles. The zero-order chi connectivity index (χ0) is 45.6. The number of rotatable bonds is 38. The van der Waals surface area contributed by atoms with Gasteiger partial charge in [-0.1, -0.05) is 173 Å². The second kappa shape index (κ2) is 42.9. The second-order valence-electron chi connectivity index (χ2n) is 15.7. The number of hydrogen-bond acceptors (Lipinski definition) is 7. The Morgan fingerprint density at radius 3 is 1.42 bits per heavy atom. The summed E-state index contributed by atoms with van der Waals surface area (Å²) in [5.41, 5.74) is 0. The van der Waals surface area contributed by atoms with Gasteiger partial charge in [-0.15, -0.1) is 0 Å². The molecule has 0 aliphatic rings. The van der Waals surface area contributed by atoms with Gasteiger partial charge in [-0.25, -0.2) is 0 Å². The zero-order valence-electron chi connectivity index (χ0n) is 39.0. The van der Waals surface area contributed by atoms with Crippen molar-refractivity contribution < 1.29 is 38.2 Å². The summed E-state index contributed by atoms with van der Waals surface area (Å²) in [6, 6.07) is -0.751. The van der Waals surface area contributed by atoms with Crippen molar-refractivity contribution in [2.24, 2.45) is 0 Å². The quantitative estimate of drug-likeness (QED) is 0.0200. The van der Waals surface area contributed by atoms with E-state index in [-0.39, 0.29) is 55.5 Å². The molecule has 62 heavy (non-hydrogen) atoms. The average Bonchev–Trinajstić information content (AvgIpc) is 3.23. The van der Waals surface area contributed by atoms with E-state index >= 15 is 0 Å². The summed E-state index contributed by atoms with van der Waals surface area (Å²) in [4.78, 5) is 36.9. The molecule has 8 heteroatoms. The monoisotopic (exact) mass is 856 g/mol. The lowest BCUT2D eigenvalue weighted by atomic mass is 10.1. The number of nitrogens with zero attached hydrogens (tertiary/aromatic N) is 1. The van der Waals surface area contributed by atoms with Gasteiger partial charge in [0.05, 0.1) is 40.3 Å². The number of allylic oxidation sites excluding steroid dienone is 24. The van der Waals surface area contributed by atoms with Gasteiger partial charge in [-0.05, 0) is 77.0 Å². The first-order chi connectivity index (χ1) is 30.1. The Morgan fingerprint density at radius 1 is 0.500 bits per heavy atom. The fourth-order valence-electron chi connectivity index (χ4n) is 5.67. The van der Waals surface area contributed by atoms with Crippen molar-refractivity contribution >= 4 is 17.9 Å². The van der Waals surface area contributed by atoms with E-state index in [1.54, 1.807) is 21.1 Å². The highest BCUT2D eigenvalue weighted by molar-refractivity contribution is 5.70. The molecule has 0 amide bonds. The molecule has 0 aromatic rings. The van der Waals surface area contributed by atoms with E-state index in [0.29, 0.717) is 12.8 Å². The largest absolute Gasteiger partial charge is 0.544 e. The number of esters is 2. The first kappa shape index (κ1) is 57.2. The van der Waals surface area contributed by atoms with Crippen LogP contribution in [0.15, 0.2) is 146 Å². The Kier molecular flexibility index (Phi) is 39.6. The van der Waals surface area contributed by atoms with Crippen LogP contribution in [0, 0.1) is 0 Å². The summed E-state index contributed by atoms with van der Waals surface area (Å²) in [6.07, 6.45) is 63.0. The molecule has 2 atom stereocenters. The van der Waals surface area contributed by atoms with Gasteiger partial charge in [0.15, 0.2) is 6.10 Å². The Morgan fingerprint density at radius 2 is 0.935 bits per heavy atom. The van der Waals surface area contributed by atoms with Crippen molar-refractivity contribution in [2.75, 3.05) is 41.0 Å². The minimum absolute atomic E-state index is 0.00118. The van der Waals surface area contributed by atoms with Crippen molar-refractivity contribution in [2.45, 2.75) is 135 Å². The standard InChI is InChI=1S/C54H81NO7/c1-6-8-10-12-14-16-18-20-22-24-26-28-30-32-34-36-38-40-42-44-52(56)61-49-50(48-60-47-46-51(54(58)59)55(3,4)5)62-53(57)45-43-41-39-37-35-33-31-29-27-25-23-21-19-17-15-13-11-9-7-2/h8-11,13-17,19-23,25-29,31-35,50-51H,6-7,12,18,24,30,36-49H2,1-5H3/b10-8+,11-9+,15-13+,16-14+,19-17+,22-20+,23-21+,27-25+,28-26+,31-29+,34-32+,35-33+. The fourth-order valence-corrected chi connectivity index (χ4v) is 5.67. The molecule has 0 aliphatic heterocycles. The van der Waals surface area contributed by atoms with E-state index in [4.69, 9.17) is 14.2 Å². The first-order valence-corrected chi connectivity index (χ1v) is 23.0. The van der Waals surface area contributed by atoms with Crippen molar-refractivity contribution in [3.05, 3.63) is 146 Å². The van der Waals surface area contributed by atoms with E-state index < -0.39 is 18.1 Å². The predicted molar refractivity (Wildman–Crippen MR) is 258 cm³/mol. The lowest BCUT2D eigenvalue weighted by Gasteiger charge is -2.34. The van der Waals surface area contributed by atoms with Crippen LogP contribution >= 0.6 is 0 Å².